The van der Waals surface area contributed by atoms with Gasteiger partial charge < -0.3 is 10.4 Å². The van der Waals surface area contributed by atoms with Crippen molar-refractivity contribution in [1.82, 2.24) is 5.32 Å². The Hall–Kier alpha value is -1.80. The van der Waals surface area contributed by atoms with Crippen LogP contribution in [0.5, 0.6) is 0 Å². The highest BCUT2D eigenvalue weighted by Gasteiger charge is 2.24. The molecule has 0 bridgehead atoms. The van der Waals surface area contributed by atoms with Gasteiger partial charge in [0.1, 0.15) is 11.1 Å². The molecule has 0 aliphatic heterocycles. The van der Waals surface area contributed by atoms with Gasteiger partial charge in [0.25, 0.3) is 11.6 Å². The number of hydrogen-bond donors (Lipinski definition) is 2. The van der Waals surface area contributed by atoms with Crippen molar-refractivity contribution in [1.29, 1.82) is 0 Å². The Bertz CT molecular complexity index is 567. The highest BCUT2D eigenvalue weighted by atomic mass is 35.5. The summed E-state index contributed by atoms with van der Waals surface area (Å²) in [6.07, 6.45) is 2.06. The van der Waals surface area contributed by atoms with Crippen molar-refractivity contribution < 1.29 is 19.6 Å². The molecule has 0 radical (unpaired) electrons. The number of amides is 1. The summed E-state index contributed by atoms with van der Waals surface area (Å²) in [7, 11) is 0. The van der Waals surface area contributed by atoms with E-state index in [0.717, 1.165) is 0 Å². The maximum absolute atomic E-state index is 12.0. The summed E-state index contributed by atoms with van der Waals surface area (Å²) in [6.45, 7) is 0. The summed E-state index contributed by atoms with van der Waals surface area (Å²) in [5, 5.41) is 21.8. The SMILES string of the molecule is CSCC[C@H](NC(=O)c1cccc([N+](=O)[O-])c1Cl)C(=O)O. The number of halogens is 1. The third kappa shape index (κ3) is 4.61. The third-order valence-corrected chi connectivity index (χ3v) is 3.67. The van der Waals surface area contributed by atoms with E-state index in [-0.39, 0.29) is 17.0 Å². The van der Waals surface area contributed by atoms with Gasteiger partial charge >= 0.3 is 5.97 Å². The fourth-order valence-electron chi connectivity index (χ4n) is 1.57. The molecule has 0 unspecified atom stereocenters. The first kappa shape index (κ1) is 17.3. The van der Waals surface area contributed by atoms with E-state index in [2.05, 4.69) is 5.32 Å². The molecule has 1 amide bonds. The van der Waals surface area contributed by atoms with E-state index < -0.39 is 28.5 Å². The molecule has 0 saturated heterocycles. The lowest BCUT2D eigenvalue weighted by Crippen LogP contribution is -2.41. The first-order valence-corrected chi connectivity index (χ1v) is 7.61. The lowest BCUT2D eigenvalue weighted by Gasteiger charge is -2.14. The number of nitro benzene ring substituents is 1. The van der Waals surface area contributed by atoms with E-state index in [1.54, 1.807) is 0 Å². The molecule has 0 saturated carbocycles. The van der Waals surface area contributed by atoms with Crippen LogP contribution in [0.2, 0.25) is 5.02 Å². The van der Waals surface area contributed by atoms with Crippen LogP contribution in [0.1, 0.15) is 16.8 Å². The number of benzene rings is 1. The standard InChI is InChI=1S/C12H13ClN2O5S/c1-21-6-5-8(12(17)18)14-11(16)7-3-2-4-9(10(7)13)15(19)20/h2-4,8H,5-6H2,1H3,(H,14,16)(H,17,18)/t8-/m0/s1. The predicted molar refractivity (Wildman–Crippen MR) is 80.0 cm³/mol. The van der Waals surface area contributed by atoms with E-state index in [1.807, 2.05) is 6.26 Å². The van der Waals surface area contributed by atoms with Gasteiger partial charge in [-0.3, -0.25) is 14.9 Å². The number of nitro groups is 1. The molecule has 1 aromatic carbocycles. The van der Waals surface area contributed by atoms with Crippen LogP contribution in [0.4, 0.5) is 5.69 Å². The molecule has 7 nitrogen and oxygen atoms in total. The van der Waals surface area contributed by atoms with E-state index in [9.17, 15) is 19.7 Å². The molecule has 21 heavy (non-hydrogen) atoms. The second-order valence-corrected chi connectivity index (χ2v) is 5.41. The second-order valence-electron chi connectivity index (χ2n) is 4.04. The molecule has 1 aromatic rings. The lowest BCUT2D eigenvalue weighted by atomic mass is 10.1. The summed E-state index contributed by atoms with van der Waals surface area (Å²) >= 11 is 7.26. The second kappa shape index (κ2) is 7.84. The first-order valence-electron chi connectivity index (χ1n) is 5.84. The minimum atomic E-state index is -1.17. The molecule has 0 spiro atoms. The zero-order valence-electron chi connectivity index (χ0n) is 11.0. The quantitative estimate of drug-likeness (QED) is 0.585. The van der Waals surface area contributed by atoms with Crippen molar-refractivity contribution in [3.05, 3.63) is 38.9 Å². The van der Waals surface area contributed by atoms with Gasteiger partial charge in [-0.2, -0.15) is 11.8 Å². The average molecular weight is 333 g/mol. The topological polar surface area (TPSA) is 110 Å². The Balaban J connectivity index is 2.95. The molecular formula is C12H13ClN2O5S. The molecule has 0 aromatic heterocycles. The van der Waals surface area contributed by atoms with Crippen molar-refractivity contribution in [2.45, 2.75) is 12.5 Å². The number of aliphatic carboxylic acids is 1. The molecule has 114 valence electrons. The van der Waals surface area contributed by atoms with Crippen LogP contribution < -0.4 is 5.32 Å². The number of nitrogens with one attached hydrogen (secondary N) is 1. The number of carboxylic acids is 1. The number of nitrogens with zero attached hydrogens (tertiary/aromatic N) is 1. The molecular weight excluding hydrogens is 320 g/mol. The van der Waals surface area contributed by atoms with Crippen molar-refractivity contribution >= 4 is 40.9 Å². The minimum Gasteiger partial charge on any atom is -0.480 e. The van der Waals surface area contributed by atoms with Crippen LogP contribution in [0.25, 0.3) is 0 Å². The normalized spacial score (nSPS) is 11.7. The van der Waals surface area contributed by atoms with Crippen molar-refractivity contribution in [3.63, 3.8) is 0 Å². The van der Waals surface area contributed by atoms with Gasteiger partial charge in [-0.1, -0.05) is 17.7 Å². The monoisotopic (exact) mass is 332 g/mol. The van der Waals surface area contributed by atoms with Crippen LogP contribution in [0.15, 0.2) is 18.2 Å². The summed E-state index contributed by atoms with van der Waals surface area (Å²) < 4.78 is 0. The summed E-state index contributed by atoms with van der Waals surface area (Å²) in [5.41, 5.74) is -0.526. The van der Waals surface area contributed by atoms with Gasteiger partial charge in [0.05, 0.1) is 10.5 Å². The van der Waals surface area contributed by atoms with E-state index in [1.165, 1.54) is 30.0 Å². The smallest absolute Gasteiger partial charge is 0.326 e. The Labute approximate surface area is 129 Å². The molecule has 0 aliphatic rings. The van der Waals surface area contributed by atoms with Gasteiger partial charge in [0.15, 0.2) is 0 Å². The summed E-state index contributed by atoms with van der Waals surface area (Å²) in [4.78, 5) is 33.2. The van der Waals surface area contributed by atoms with Crippen LogP contribution >= 0.6 is 23.4 Å². The Morgan fingerprint density at radius 2 is 2.19 bits per heavy atom. The fraction of sp³-hybridized carbons (Fsp3) is 0.333. The number of carbonyl (C=O) groups excluding carboxylic acids is 1. The number of rotatable bonds is 7. The van der Waals surface area contributed by atoms with Gasteiger partial charge in [-0.05, 0) is 24.5 Å². The number of thioether (sulfide) groups is 1. The van der Waals surface area contributed by atoms with Gasteiger partial charge in [-0.15, -0.1) is 0 Å². The molecule has 9 heteroatoms. The van der Waals surface area contributed by atoms with Crippen molar-refractivity contribution in [3.8, 4) is 0 Å². The first-order chi connectivity index (χ1) is 9.88. The van der Waals surface area contributed by atoms with Crippen LogP contribution in [0.3, 0.4) is 0 Å². The largest absolute Gasteiger partial charge is 0.480 e. The molecule has 1 rings (SSSR count). The van der Waals surface area contributed by atoms with Gasteiger partial charge in [0, 0.05) is 6.07 Å². The molecule has 0 fully saturated rings. The van der Waals surface area contributed by atoms with E-state index in [0.29, 0.717) is 5.75 Å². The zero-order chi connectivity index (χ0) is 16.0. The minimum absolute atomic E-state index is 0.124. The highest BCUT2D eigenvalue weighted by molar-refractivity contribution is 7.98. The van der Waals surface area contributed by atoms with Gasteiger partial charge in [0.2, 0.25) is 0 Å². The Morgan fingerprint density at radius 3 is 2.71 bits per heavy atom. The molecule has 2 N–H and O–H groups in total. The summed E-state index contributed by atoms with van der Waals surface area (Å²) in [6, 6.07) is 2.72. The van der Waals surface area contributed by atoms with Crippen molar-refractivity contribution in [2.24, 2.45) is 0 Å². The molecule has 0 heterocycles. The number of carboxylic acid groups (broad SMARTS) is 1. The highest BCUT2D eigenvalue weighted by Crippen LogP contribution is 2.27. The fourth-order valence-corrected chi connectivity index (χ4v) is 2.32. The number of hydrogen-bond acceptors (Lipinski definition) is 5. The number of carbonyl (C=O) groups is 2. The maximum atomic E-state index is 12.0. The van der Waals surface area contributed by atoms with Gasteiger partial charge in [-0.25, -0.2) is 4.79 Å². The van der Waals surface area contributed by atoms with E-state index in [4.69, 9.17) is 16.7 Å². The predicted octanol–water partition coefficient (Wildman–Crippen LogP) is 2.18. The Morgan fingerprint density at radius 1 is 1.52 bits per heavy atom. The van der Waals surface area contributed by atoms with Crippen LogP contribution in [-0.2, 0) is 4.79 Å². The lowest BCUT2D eigenvalue weighted by molar-refractivity contribution is -0.384. The molecule has 1 atom stereocenters. The van der Waals surface area contributed by atoms with Crippen molar-refractivity contribution in [2.75, 3.05) is 12.0 Å². The average Bonchev–Trinajstić information content (AvgIpc) is 2.42. The third-order valence-electron chi connectivity index (χ3n) is 2.63. The summed E-state index contributed by atoms with van der Waals surface area (Å²) in [5.74, 6) is -1.36. The maximum Gasteiger partial charge on any atom is 0.326 e. The van der Waals surface area contributed by atoms with E-state index >= 15 is 0 Å². The Kier molecular flexibility index (Phi) is 6.44. The zero-order valence-corrected chi connectivity index (χ0v) is 12.6. The van der Waals surface area contributed by atoms with Crippen LogP contribution in [-0.4, -0.2) is 40.0 Å². The molecule has 0 aliphatic carbocycles. The van der Waals surface area contributed by atoms with Crippen LogP contribution in [0, 0.1) is 10.1 Å².